The fourth-order valence-corrected chi connectivity index (χ4v) is 5.47. The largest absolute Gasteiger partial charge is 0.508 e. The average Bonchev–Trinajstić information content (AvgIpc) is 3.36. The van der Waals surface area contributed by atoms with Crippen LogP contribution in [0.4, 0.5) is 11.4 Å². The summed E-state index contributed by atoms with van der Waals surface area (Å²) in [6, 6.07) is 24.7. The van der Waals surface area contributed by atoms with Crippen molar-refractivity contribution in [2.75, 3.05) is 5.32 Å². The maximum atomic E-state index is 13.6. The Hall–Kier alpha value is -4.16. The van der Waals surface area contributed by atoms with Gasteiger partial charge >= 0.3 is 0 Å². The third kappa shape index (κ3) is 4.48. The molecule has 0 atom stereocenters. The van der Waals surface area contributed by atoms with Gasteiger partial charge in [0.2, 0.25) is 0 Å². The number of carbonyl (C=O) groups is 1. The van der Waals surface area contributed by atoms with E-state index in [9.17, 15) is 9.90 Å². The molecular formula is C29H25N3O2S. The molecule has 5 rings (SSSR count). The van der Waals surface area contributed by atoms with Crippen molar-refractivity contribution in [3.8, 4) is 10.8 Å². The molecule has 0 aliphatic rings. The number of nitrogens with zero attached hydrogens (tertiary/aromatic N) is 2. The Morgan fingerprint density at radius 3 is 2.43 bits per heavy atom. The molecule has 6 heteroatoms. The first-order valence-electron chi connectivity index (χ1n) is 11.3. The molecular weight excluding hydrogens is 454 g/mol. The van der Waals surface area contributed by atoms with Gasteiger partial charge in [-0.1, -0.05) is 35.9 Å². The van der Waals surface area contributed by atoms with Crippen molar-refractivity contribution in [3.63, 3.8) is 0 Å². The van der Waals surface area contributed by atoms with Gasteiger partial charge in [-0.3, -0.25) is 9.79 Å². The number of aryl methyl sites for hydroxylation is 2. The maximum absolute atomic E-state index is 13.6. The Balaban J connectivity index is 1.57. The van der Waals surface area contributed by atoms with Crippen LogP contribution in [0.1, 0.15) is 32.9 Å². The molecule has 0 fully saturated rings. The number of thiophene rings is 1. The number of carbonyl (C=O) groups excluding carboxylic acids is 1. The number of amides is 1. The summed E-state index contributed by atoms with van der Waals surface area (Å²) < 4.78 is 3.19. The molecule has 0 spiro atoms. The average molecular weight is 480 g/mol. The Morgan fingerprint density at radius 1 is 0.971 bits per heavy atom. The van der Waals surface area contributed by atoms with Crippen LogP contribution in [0.25, 0.3) is 15.1 Å². The topological polar surface area (TPSA) is 66.6 Å². The summed E-state index contributed by atoms with van der Waals surface area (Å²) >= 11 is 1.61. The second kappa shape index (κ2) is 9.24. The van der Waals surface area contributed by atoms with Gasteiger partial charge in [0.1, 0.15) is 10.8 Å². The van der Waals surface area contributed by atoms with E-state index in [0.717, 1.165) is 49.0 Å². The number of phenols is 1. The van der Waals surface area contributed by atoms with E-state index in [1.807, 2.05) is 75.5 Å². The number of aromatic nitrogens is 1. The maximum Gasteiger partial charge on any atom is 0.259 e. The van der Waals surface area contributed by atoms with Crippen LogP contribution >= 0.6 is 11.3 Å². The fourth-order valence-electron chi connectivity index (χ4n) is 4.15. The van der Waals surface area contributed by atoms with Crippen LogP contribution in [-0.2, 0) is 0 Å². The molecule has 0 aliphatic carbocycles. The molecule has 5 aromatic rings. The van der Waals surface area contributed by atoms with Crippen molar-refractivity contribution in [3.05, 3.63) is 107 Å². The fraction of sp³-hybridized carbons (Fsp3) is 0.103. The van der Waals surface area contributed by atoms with E-state index in [0.29, 0.717) is 5.56 Å². The van der Waals surface area contributed by atoms with Crippen molar-refractivity contribution < 1.29 is 9.90 Å². The van der Waals surface area contributed by atoms with Gasteiger partial charge in [-0.15, -0.1) is 11.3 Å². The highest BCUT2D eigenvalue weighted by Gasteiger charge is 2.23. The summed E-state index contributed by atoms with van der Waals surface area (Å²) in [6.45, 7) is 6.10. The Morgan fingerprint density at radius 2 is 1.69 bits per heavy atom. The van der Waals surface area contributed by atoms with Crippen molar-refractivity contribution in [2.45, 2.75) is 20.8 Å². The molecule has 5 nitrogen and oxygen atoms in total. The summed E-state index contributed by atoms with van der Waals surface area (Å²) in [5.74, 6) is 0.0800. The molecule has 2 heterocycles. The van der Waals surface area contributed by atoms with E-state index in [4.69, 9.17) is 0 Å². The van der Waals surface area contributed by atoms with Crippen molar-refractivity contribution in [1.29, 1.82) is 0 Å². The van der Waals surface area contributed by atoms with Crippen molar-refractivity contribution in [1.82, 2.24) is 4.57 Å². The van der Waals surface area contributed by atoms with Gasteiger partial charge < -0.3 is 15.0 Å². The molecule has 2 N–H and O–H groups in total. The zero-order valence-corrected chi connectivity index (χ0v) is 20.6. The molecule has 2 aromatic heterocycles. The predicted octanol–water partition coefficient (Wildman–Crippen LogP) is 7.33. The van der Waals surface area contributed by atoms with Gasteiger partial charge in [-0.2, -0.15) is 0 Å². The molecule has 0 aliphatic heterocycles. The van der Waals surface area contributed by atoms with Gasteiger partial charge in [-0.25, -0.2) is 0 Å². The highest BCUT2D eigenvalue weighted by molar-refractivity contribution is 7.22. The summed E-state index contributed by atoms with van der Waals surface area (Å²) in [5, 5.41) is 14.4. The minimum Gasteiger partial charge on any atom is -0.508 e. The number of fused-ring (bicyclic) bond motifs is 1. The van der Waals surface area contributed by atoms with Gasteiger partial charge in [-0.05, 0) is 69.3 Å². The van der Waals surface area contributed by atoms with Crippen LogP contribution in [0.2, 0.25) is 0 Å². The molecule has 0 radical (unpaired) electrons. The summed E-state index contributed by atoms with van der Waals surface area (Å²) in [4.78, 5) is 18.1. The van der Waals surface area contributed by atoms with E-state index in [-0.39, 0.29) is 11.7 Å². The Kier molecular flexibility index (Phi) is 5.97. The van der Waals surface area contributed by atoms with Crippen LogP contribution < -0.4 is 5.32 Å². The van der Waals surface area contributed by atoms with Gasteiger partial charge in [0.15, 0.2) is 0 Å². The molecule has 0 saturated heterocycles. The normalized spacial score (nSPS) is 11.4. The zero-order chi connectivity index (χ0) is 24.5. The van der Waals surface area contributed by atoms with E-state index in [1.54, 1.807) is 35.6 Å². The molecule has 1 amide bonds. The summed E-state index contributed by atoms with van der Waals surface area (Å²) in [5.41, 5.74) is 6.32. The lowest BCUT2D eigenvalue weighted by Gasteiger charge is -2.11. The highest BCUT2D eigenvalue weighted by Crippen LogP contribution is 2.37. The SMILES string of the molecule is Cc1ccc(NC(=O)c2c(-n3c(C)cc(C=Nc4ccc(O)cc4)c3C)sc3ccccc23)cc1. The van der Waals surface area contributed by atoms with E-state index < -0.39 is 0 Å². The summed E-state index contributed by atoms with van der Waals surface area (Å²) in [6.07, 6.45) is 1.82. The Labute approximate surface area is 208 Å². The smallest absolute Gasteiger partial charge is 0.259 e. The van der Waals surface area contributed by atoms with Crippen LogP contribution in [-0.4, -0.2) is 21.8 Å². The molecule has 0 bridgehead atoms. The number of hydrogen-bond acceptors (Lipinski definition) is 4. The van der Waals surface area contributed by atoms with E-state index in [1.165, 1.54) is 0 Å². The second-order valence-corrected chi connectivity index (χ2v) is 9.57. The first-order valence-corrected chi connectivity index (χ1v) is 12.1. The lowest BCUT2D eigenvalue weighted by atomic mass is 10.1. The first-order chi connectivity index (χ1) is 16.9. The van der Waals surface area contributed by atoms with Crippen LogP contribution in [0.5, 0.6) is 5.75 Å². The lowest BCUT2D eigenvalue weighted by molar-refractivity contribution is 0.102. The number of aliphatic imine (C=N–C) groups is 1. The number of hydrogen-bond donors (Lipinski definition) is 2. The number of phenolic OH excluding ortho intramolecular Hbond substituents is 1. The van der Waals surface area contributed by atoms with Gasteiger partial charge in [0.25, 0.3) is 5.91 Å². The minimum absolute atomic E-state index is 0.131. The molecule has 0 saturated carbocycles. The van der Waals surface area contributed by atoms with Gasteiger partial charge in [0.05, 0.1) is 11.3 Å². The van der Waals surface area contributed by atoms with Crippen LogP contribution in [0.15, 0.2) is 83.9 Å². The minimum atomic E-state index is -0.131. The molecule has 35 heavy (non-hydrogen) atoms. The monoisotopic (exact) mass is 479 g/mol. The zero-order valence-electron chi connectivity index (χ0n) is 19.7. The third-order valence-corrected chi connectivity index (χ3v) is 7.15. The molecule has 3 aromatic carbocycles. The van der Waals surface area contributed by atoms with E-state index in [2.05, 4.69) is 20.9 Å². The van der Waals surface area contributed by atoms with Crippen molar-refractivity contribution in [2.24, 2.45) is 4.99 Å². The number of benzene rings is 3. The molecule has 0 unspecified atom stereocenters. The number of nitrogens with one attached hydrogen (secondary N) is 1. The lowest BCUT2D eigenvalue weighted by Crippen LogP contribution is -2.14. The Bertz CT molecular complexity index is 1560. The van der Waals surface area contributed by atoms with Crippen LogP contribution in [0.3, 0.4) is 0 Å². The number of rotatable bonds is 5. The standard InChI is InChI=1S/C29H25N3O2S/c1-18-8-10-23(11-9-18)31-28(34)27-25-6-4-5-7-26(25)35-29(27)32-19(2)16-21(20(32)3)17-30-22-12-14-24(33)15-13-22/h4-17,33H,1-3H3,(H,31,34). The highest BCUT2D eigenvalue weighted by atomic mass is 32.1. The summed E-state index contributed by atoms with van der Waals surface area (Å²) in [7, 11) is 0. The van der Waals surface area contributed by atoms with Crippen molar-refractivity contribution >= 4 is 44.9 Å². The quantitative estimate of drug-likeness (QED) is 0.259. The van der Waals surface area contributed by atoms with Crippen LogP contribution in [0, 0.1) is 20.8 Å². The van der Waals surface area contributed by atoms with E-state index >= 15 is 0 Å². The third-order valence-electron chi connectivity index (χ3n) is 5.99. The van der Waals surface area contributed by atoms with Gasteiger partial charge in [0, 0.05) is 38.9 Å². The first kappa shape index (κ1) is 22.6. The molecule has 174 valence electrons. The predicted molar refractivity (Wildman–Crippen MR) is 145 cm³/mol. The second-order valence-electron chi connectivity index (χ2n) is 8.54. The number of aromatic hydroxyl groups is 1. The number of anilines is 1.